The van der Waals surface area contributed by atoms with Gasteiger partial charge in [-0.1, -0.05) is 31.9 Å². The summed E-state index contributed by atoms with van der Waals surface area (Å²) in [7, 11) is 0. The van der Waals surface area contributed by atoms with Gasteiger partial charge in [-0.3, -0.25) is 0 Å². The molecule has 2 aromatic rings. The lowest BCUT2D eigenvalue weighted by Gasteiger charge is -2.11. The maximum absolute atomic E-state index is 12.1. The molecule has 2 aromatic carbocycles. The Bertz CT molecular complexity index is 596. The Morgan fingerprint density at radius 3 is 2.00 bits per heavy atom. The Morgan fingerprint density at radius 1 is 0.947 bits per heavy atom. The molecule has 98 valence electrons. The molecule has 0 aromatic heterocycles. The van der Waals surface area contributed by atoms with Crippen molar-refractivity contribution in [2.75, 3.05) is 0 Å². The molecule has 0 fully saturated rings. The number of benzene rings is 2. The molecule has 0 aliphatic rings. The first kappa shape index (κ1) is 14.3. The lowest BCUT2D eigenvalue weighted by Crippen LogP contribution is -2.10. The predicted molar refractivity (Wildman–Crippen MR) is 82.7 cm³/mol. The summed E-state index contributed by atoms with van der Waals surface area (Å²) in [6.07, 6.45) is 0. The van der Waals surface area contributed by atoms with Crippen LogP contribution in [0.25, 0.3) is 0 Å². The largest absolute Gasteiger partial charge is 0.422 e. The number of rotatable bonds is 2. The van der Waals surface area contributed by atoms with Gasteiger partial charge >= 0.3 is 5.97 Å². The molecule has 4 heteroatoms. The standard InChI is InChI=1S/C15H12Br2O2/c1-9-7-13(17)8-10(2)14(9)19-15(18)11-3-5-12(16)6-4-11/h3-8H,1-2H3. The second kappa shape index (κ2) is 5.88. The number of aryl methyl sites for hydroxylation is 2. The zero-order valence-corrected chi connectivity index (χ0v) is 13.7. The predicted octanol–water partition coefficient (Wildman–Crippen LogP) is 5.05. The van der Waals surface area contributed by atoms with Crippen LogP contribution in [0.3, 0.4) is 0 Å². The van der Waals surface area contributed by atoms with E-state index in [4.69, 9.17) is 4.74 Å². The molecular formula is C15H12Br2O2. The highest BCUT2D eigenvalue weighted by atomic mass is 79.9. The first-order valence-corrected chi connectivity index (χ1v) is 7.30. The van der Waals surface area contributed by atoms with Crippen molar-refractivity contribution >= 4 is 37.8 Å². The van der Waals surface area contributed by atoms with Crippen LogP contribution < -0.4 is 4.74 Å². The van der Waals surface area contributed by atoms with Gasteiger partial charge < -0.3 is 4.74 Å². The lowest BCUT2D eigenvalue weighted by atomic mass is 10.1. The number of carbonyl (C=O) groups is 1. The molecule has 0 aliphatic carbocycles. The van der Waals surface area contributed by atoms with Crippen LogP contribution in [0.5, 0.6) is 5.75 Å². The normalized spacial score (nSPS) is 10.3. The SMILES string of the molecule is Cc1cc(Br)cc(C)c1OC(=O)c1ccc(Br)cc1. The fourth-order valence-electron chi connectivity index (χ4n) is 1.80. The van der Waals surface area contributed by atoms with Crippen LogP contribution in [0.15, 0.2) is 45.3 Å². The monoisotopic (exact) mass is 382 g/mol. The van der Waals surface area contributed by atoms with Crippen molar-refractivity contribution in [2.24, 2.45) is 0 Å². The highest BCUT2D eigenvalue weighted by Gasteiger charge is 2.12. The van der Waals surface area contributed by atoms with E-state index in [0.29, 0.717) is 11.3 Å². The summed E-state index contributed by atoms with van der Waals surface area (Å²) in [6.45, 7) is 3.84. The zero-order chi connectivity index (χ0) is 14.0. The van der Waals surface area contributed by atoms with Gasteiger partial charge in [-0.15, -0.1) is 0 Å². The molecule has 0 heterocycles. The molecule has 0 atom stereocenters. The first-order valence-electron chi connectivity index (χ1n) is 5.72. The molecule has 0 spiro atoms. The number of hydrogen-bond donors (Lipinski definition) is 0. The lowest BCUT2D eigenvalue weighted by molar-refractivity contribution is 0.0732. The quantitative estimate of drug-likeness (QED) is 0.535. The third-order valence-electron chi connectivity index (χ3n) is 2.70. The summed E-state index contributed by atoms with van der Waals surface area (Å²) in [5, 5.41) is 0. The third kappa shape index (κ3) is 3.45. The summed E-state index contributed by atoms with van der Waals surface area (Å²) in [6, 6.07) is 11.0. The molecular weight excluding hydrogens is 372 g/mol. The Kier molecular flexibility index (Phi) is 4.42. The smallest absolute Gasteiger partial charge is 0.343 e. The number of ether oxygens (including phenoxy) is 1. The third-order valence-corrected chi connectivity index (χ3v) is 3.69. The van der Waals surface area contributed by atoms with Crippen molar-refractivity contribution in [3.63, 3.8) is 0 Å². The van der Waals surface area contributed by atoms with Crippen LogP contribution >= 0.6 is 31.9 Å². The van der Waals surface area contributed by atoms with Crippen LogP contribution in [0.1, 0.15) is 21.5 Å². The minimum Gasteiger partial charge on any atom is -0.422 e. The average molecular weight is 384 g/mol. The summed E-state index contributed by atoms with van der Waals surface area (Å²) in [4.78, 5) is 12.1. The number of carbonyl (C=O) groups excluding carboxylic acids is 1. The number of hydrogen-bond acceptors (Lipinski definition) is 2. The minimum absolute atomic E-state index is 0.346. The van der Waals surface area contributed by atoms with Gasteiger partial charge in [0.2, 0.25) is 0 Å². The summed E-state index contributed by atoms with van der Waals surface area (Å²) >= 11 is 6.76. The first-order chi connectivity index (χ1) is 8.97. The molecule has 0 saturated carbocycles. The Hall–Kier alpha value is -1.13. The van der Waals surface area contributed by atoms with Gasteiger partial charge in [0.05, 0.1) is 5.56 Å². The van der Waals surface area contributed by atoms with Gasteiger partial charge in [-0.25, -0.2) is 4.79 Å². The van der Waals surface area contributed by atoms with E-state index in [-0.39, 0.29) is 5.97 Å². The summed E-state index contributed by atoms with van der Waals surface area (Å²) in [5.74, 6) is 0.275. The zero-order valence-electron chi connectivity index (χ0n) is 10.5. The fraction of sp³-hybridized carbons (Fsp3) is 0.133. The molecule has 0 amide bonds. The van der Waals surface area contributed by atoms with Crippen LogP contribution in [0.2, 0.25) is 0 Å². The van der Waals surface area contributed by atoms with E-state index in [2.05, 4.69) is 31.9 Å². The molecule has 0 saturated heterocycles. The maximum Gasteiger partial charge on any atom is 0.343 e. The second-order valence-corrected chi connectivity index (χ2v) is 6.10. The van der Waals surface area contributed by atoms with Crippen molar-refractivity contribution in [3.05, 3.63) is 62.0 Å². The fourth-order valence-corrected chi connectivity index (χ4v) is 2.75. The van der Waals surface area contributed by atoms with Gasteiger partial charge in [0.25, 0.3) is 0 Å². The van der Waals surface area contributed by atoms with Crippen LogP contribution in [0, 0.1) is 13.8 Å². The highest BCUT2D eigenvalue weighted by molar-refractivity contribution is 9.10. The van der Waals surface area contributed by atoms with Gasteiger partial charge in [-0.05, 0) is 61.4 Å². The van der Waals surface area contributed by atoms with Crippen molar-refractivity contribution in [3.8, 4) is 5.75 Å². The Morgan fingerprint density at radius 2 is 1.47 bits per heavy atom. The van der Waals surface area contributed by atoms with E-state index in [1.165, 1.54) is 0 Å². The van der Waals surface area contributed by atoms with Gasteiger partial charge in [0, 0.05) is 8.95 Å². The van der Waals surface area contributed by atoms with E-state index in [9.17, 15) is 4.79 Å². The number of halogens is 2. The van der Waals surface area contributed by atoms with Crippen LogP contribution in [0.4, 0.5) is 0 Å². The van der Waals surface area contributed by atoms with E-state index >= 15 is 0 Å². The number of esters is 1. The molecule has 2 nitrogen and oxygen atoms in total. The minimum atomic E-state index is -0.346. The van der Waals surface area contributed by atoms with E-state index in [1.807, 2.05) is 38.1 Å². The van der Waals surface area contributed by atoms with Crippen molar-refractivity contribution < 1.29 is 9.53 Å². The average Bonchev–Trinajstić information content (AvgIpc) is 2.34. The Labute approximate surface area is 129 Å². The molecule has 19 heavy (non-hydrogen) atoms. The molecule has 0 radical (unpaired) electrons. The molecule has 0 unspecified atom stereocenters. The summed E-state index contributed by atoms with van der Waals surface area (Å²) in [5.41, 5.74) is 2.39. The molecule has 0 aliphatic heterocycles. The van der Waals surface area contributed by atoms with Crippen LogP contribution in [-0.2, 0) is 0 Å². The summed E-state index contributed by atoms with van der Waals surface area (Å²) < 4.78 is 7.39. The molecule has 0 bridgehead atoms. The van der Waals surface area contributed by atoms with E-state index < -0.39 is 0 Å². The van der Waals surface area contributed by atoms with Crippen molar-refractivity contribution in [2.45, 2.75) is 13.8 Å². The Balaban J connectivity index is 2.26. The van der Waals surface area contributed by atoms with Gasteiger partial charge in [0.1, 0.15) is 5.75 Å². The maximum atomic E-state index is 12.1. The molecule has 2 rings (SSSR count). The second-order valence-electron chi connectivity index (χ2n) is 4.27. The van der Waals surface area contributed by atoms with Gasteiger partial charge in [0.15, 0.2) is 0 Å². The van der Waals surface area contributed by atoms with Crippen molar-refractivity contribution in [1.29, 1.82) is 0 Å². The van der Waals surface area contributed by atoms with Crippen LogP contribution in [-0.4, -0.2) is 5.97 Å². The highest BCUT2D eigenvalue weighted by Crippen LogP contribution is 2.28. The van der Waals surface area contributed by atoms with Gasteiger partial charge in [-0.2, -0.15) is 0 Å². The molecule has 0 N–H and O–H groups in total. The van der Waals surface area contributed by atoms with E-state index in [1.54, 1.807) is 12.1 Å². The topological polar surface area (TPSA) is 26.3 Å². The van der Waals surface area contributed by atoms with Crippen molar-refractivity contribution in [1.82, 2.24) is 0 Å². The van der Waals surface area contributed by atoms with E-state index in [0.717, 1.165) is 20.1 Å².